The van der Waals surface area contributed by atoms with E-state index >= 15 is 0 Å². The molecule has 0 spiro atoms. The van der Waals surface area contributed by atoms with E-state index in [9.17, 15) is 0 Å². The maximum absolute atomic E-state index is 3.46. The van der Waals surface area contributed by atoms with Gasteiger partial charge in [0.2, 0.25) is 0 Å². The van der Waals surface area contributed by atoms with Gasteiger partial charge >= 0.3 is 0 Å². The van der Waals surface area contributed by atoms with Crippen LogP contribution in [0, 0.1) is 12.8 Å². The normalized spacial score (nSPS) is 21.5. The highest BCUT2D eigenvalue weighted by molar-refractivity contribution is 5.85. The average molecular weight is 324 g/mol. The minimum absolute atomic E-state index is 0. The number of piperazine rings is 1. The second-order valence-electron chi connectivity index (χ2n) is 6.76. The SMILES string of the molecule is Cc1cccc(CN2CCN(CC3CCNCC3)CC2)c1.Cl. The van der Waals surface area contributed by atoms with E-state index in [1.54, 1.807) is 0 Å². The van der Waals surface area contributed by atoms with Crippen molar-refractivity contribution in [3.05, 3.63) is 35.4 Å². The topological polar surface area (TPSA) is 18.5 Å². The largest absolute Gasteiger partial charge is 0.317 e. The Morgan fingerprint density at radius 3 is 2.41 bits per heavy atom. The standard InChI is InChI=1S/C18H29N3.ClH/c1-16-3-2-4-18(13-16)15-21-11-9-20(10-12-21)14-17-5-7-19-8-6-17;/h2-4,13,17,19H,5-12,14-15H2,1H3;1H. The zero-order valence-electron chi connectivity index (χ0n) is 13.8. The van der Waals surface area contributed by atoms with Crippen molar-refractivity contribution in [2.24, 2.45) is 5.92 Å². The highest BCUT2D eigenvalue weighted by Gasteiger charge is 2.21. The fourth-order valence-corrected chi connectivity index (χ4v) is 3.63. The lowest BCUT2D eigenvalue weighted by Crippen LogP contribution is -2.48. The molecule has 0 saturated carbocycles. The lowest BCUT2D eigenvalue weighted by atomic mass is 9.97. The third-order valence-electron chi connectivity index (χ3n) is 4.93. The Hall–Kier alpha value is -0.610. The third kappa shape index (κ3) is 5.24. The van der Waals surface area contributed by atoms with Crippen LogP contribution < -0.4 is 5.32 Å². The number of benzene rings is 1. The molecule has 0 radical (unpaired) electrons. The Labute approximate surface area is 141 Å². The molecule has 1 aromatic rings. The Balaban J connectivity index is 0.00000176. The van der Waals surface area contributed by atoms with Crippen LogP contribution in [0.5, 0.6) is 0 Å². The number of nitrogens with zero attached hydrogens (tertiary/aromatic N) is 2. The predicted octanol–water partition coefficient (Wildman–Crippen LogP) is 2.53. The van der Waals surface area contributed by atoms with E-state index in [0.29, 0.717) is 0 Å². The zero-order valence-corrected chi connectivity index (χ0v) is 14.6. The number of rotatable bonds is 4. The number of hydrogen-bond donors (Lipinski definition) is 1. The molecule has 4 heteroatoms. The summed E-state index contributed by atoms with van der Waals surface area (Å²) in [7, 11) is 0. The minimum Gasteiger partial charge on any atom is -0.317 e. The average Bonchev–Trinajstić information content (AvgIpc) is 2.50. The molecule has 22 heavy (non-hydrogen) atoms. The van der Waals surface area contributed by atoms with Crippen molar-refractivity contribution in [2.75, 3.05) is 45.8 Å². The molecule has 1 N–H and O–H groups in total. The van der Waals surface area contributed by atoms with Crippen LogP contribution in [0.3, 0.4) is 0 Å². The van der Waals surface area contributed by atoms with Crippen LogP contribution in [-0.2, 0) is 6.54 Å². The number of aryl methyl sites for hydroxylation is 1. The maximum Gasteiger partial charge on any atom is 0.0234 e. The summed E-state index contributed by atoms with van der Waals surface area (Å²) in [5, 5.41) is 3.46. The summed E-state index contributed by atoms with van der Waals surface area (Å²) in [6.07, 6.45) is 2.73. The molecule has 0 atom stereocenters. The summed E-state index contributed by atoms with van der Waals surface area (Å²) in [4.78, 5) is 5.29. The number of piperidine rings is 1. The van der Waals surface area contributed by atoms with Crippen molar-refractivity contribution in [1.82, 2.24) is 15.1 Å². The Bertz CT molecular complexity index is 438. The Kier molecular flexibility index (Phi) is 7.16. The molecule has 0 aliphatic carbocycles. The van der Waals surface area contributed by atoms with Gasteiger partial charge in [0.1, 0.15) is 0 Å². The van der Waals surface area contributed by atoms with E-state index in [4.69, 9.17) is 0 Å². The third-order valence-corrected chi connectivity index (χ3v) is 4.93. The molecule has 0 unspecified atom stereocenters. The summed E-state index contributed by atoms with van der Waals surface area (Å²) in [5.74, 6) is 0.926. The molecule has 0 amide bonds. The van der Waals surface area contributed by atoms with Crippen molar-refractivity contribution < 1.29 is 0 Å². The molecule has 2 saturated heterocycles. The highest BCUT2D eigenvalue weighted by Crippen LogP contribution is 2.16. The van der Waals surface area contributed by atoms with Crippen molar-refractivity contribution in [2.45, 2.75) is 26.3 Å². The maximum atomic E-state index is 3.46. The molecular formula is C18H30ClN3. The van der Waals surface area contributed by atoms with Crippen molar-refractivity contribution >= 4 is 12.4 Å². The van der Waals surface area contributed by atoms with E-state index in [-0.39, 0.29) is 12.4 Å². The lowest BCUT2D eigenvalue weighted by molar-refractivity contribution is 0.107. The van der Waals surface area contributed by atoms with Crippen LogP contribution in [0.4, 0.5) is 0 Å². The van der Waals surface area contributed by atoms with Gasteiger partial charge in [-0.1, -0.05) is 29.8 Å². The van der Waals surface area contributed by atoms with Crippen molar-refractivity contribution in [1.29, 1.82) is 0 Å². The summed E-state index contributed by atoms with van der Waals surface area (Å²) in [5.41, 5.74) is 2.83. The summed E-state index contributed by atoms with van der Waals surface area (Å²) >= 11 is 0. The van der Waals surface area contributed by atoms with Crippen LogP contribution in [0.1, 0.15) is 24.0 Å². The minimum atomic E-state index is 0. The molecular weight excluding hydrogens is 294 g/mol. The molecule has 2 fully saturated rings. The van der Waals surface area contributed by atoms with Crippen LogP contribution in [0.15, 0.2) is 24.3 Å². The summed E-state index contributed by atoms with van der Waals surface area (Å²) < 4.78 is 0. The second kappa shape index (κ2) is 8.88. The second-order valence-corrected chi connectivity index (χ2v) is 6.76. The molecule has 1 aromatic carbocycles. The molecule has 2 aliphatic rings. The van der Waals surface area contributed by atoms with Gasteiger partial charge in [0.05, 0.1) is 0 Å². The van der Waals surface area contributed by atoms with Crippen LogP contribution in [0.2, 0.25) is 0 Å². The molecule has 2 aliphatic heterocycles. The van der Waals surface area contributed by atoms with Gasteiger partial charge in [0.15, 0.2) is 0 Å². The monoisotopic (exact) mass is 323 g/mol. The first kappa shape index (κ1) is 17.7. The van der Waals surface area contributed by atoms with E-state index in [1.165, 1.54) is 69.8 Å². The van der Waals surface area contributed by atoms with E-state index in [1.807, 2.05) is 0 Å². The van der Waals surface area contributed by atoms with Gasteiger partial charge in [-0.2, -0.15) is 0 Å². The van der Waals surface area contributed by atoms with Gasteiger partial charge in [0.25, 0.3) is 0 Å². The first-order valence-corrected chi connectivity index (χ1v) is 8.50. The first-order valence-electron chi connectivity index (χ1n) is 8.50. The predicted molar refractivity (Wildman–Crippen MR) is 95.7 cm³/mol. The zero-order chi connectivity index (χ0) is 14.5. The van der Waals surface area contributed by atoms with Gasteiger partial charge in [-0.05, 0) is 44.3 Å². The van der Waals surface area contributed by atoms with Crippen molar-refractivity contribution in [3.63, 3.8) is 0 Å². The Morgan fingerprint density at radius 2 is 1.73 bits per heavy atom. The van der Waals surface area contributed by atoms with E-state index in [0.717, 1.165) is 12.5 Å². The van der Waals surface area contributed by atoms with Crippen LogP contribution in [0.25, 0.3) is 0 Å². The summed E-state index contributed by atoms with van der Waals surface area (Å²) in [6.45, 7) is 12.0. The Morgan fingerprint density at radius 1 is 1.05 bits per heavy atom. The molecule has 3 nitrogen and oxygen atoms in total. The van der Waals surface area contributed by atoms with Gasteiger partial charge < -0.3 is 10.2 Å². The van der Waals surface area contributed by atoms with E-state index < -0.39 is 0 Å². The molecule has 3 rings (SSSR count). The highest BCUT2D eigenvalue weighted by atomic mass is 35.5. The lowest BCUT2D eigenvalue weighted by Gasteiger charge is -2.37. The fourth-order valence-electron chi connectivity index (χ4n) is 3.63. The molecule has 0 aromatic heterocycles. The van der Waals surface area contributed by atoms with Gasteiger partial charge in [0, 0.05) is 39.3 Å². The quantitative estimate of drug-likeness (QED) is 0.918. The first-order chi connectivity index (χ1) is 10.3. The number of nitrogens with one attached hydrogen (secondary N) is 1. The van der Waals surface area contributed by atoms with Gasteiger partial charge in [-0.15, -0.1) is 12.4 Å². The fraction of sp³-hybridized carbons (Fsp3) is 0.667. The number of hydrogen-bond acceptors (Lipinski definition) is 3. The number of halogens is 1. The van der Waals surface area contributed by atoms with Gasteiger partial charge in [-0.25, -0.2) is 0 Å². The van der Waals surface area contributed by atoms with E-state index in [2.05, 4.69) is 46.3 Å². The summed E-state index contributed by atoms with van der Waals surface area (Å²) in [6, 6.07) is 8.94. The van der Waals surface area contributed by atoms with Crippen LogP contribution in [-0.4, -0.2) is 55.6 Å². The van der Waals surface area contributed by atoms with Crippen molar-refractivity contribution in [3.8, 4) is 0 Å². The molecule has 0 bridgehead atoms. The molecule has 2 heterocycles. The van der Waals surface area contributed by atoms with Gasteiger partial charge in [-0.3, -0.25) is 4.90 Å². The van der Waals surface area contributed by atoms with Crippen LogP contribution >= 0.6 is 12.4 Å². The smallest absolute Gasteiger partial charge is 0.0234 e. The molecule has 124 valence electrons.